The van der Waals surface area contributed by atoms with Gasteiger partial charge in [-0.15, -0.1) is 0 Å². The average Bonchev–Trinajstić information content (AvgIpc) is 2.50. The first kappa shape index (κ1) is 14.0. The Bertz CT molecular complexity index is 877. The van der Waals surface area contributed by atoms with Crippen LogP contribution in [-0.4, -0.2) is 10.9 Å². The van der Waals surface area contributed by atoms with Crippen molar-refractivity contribution in [2.75, 3.05) is 11.1 Å². The lowest BCUT2D eigenvalue weighted by Crippen LogP contribution is -2.14. The smallest absolute Gasteiger partial charge is 0.274 e. The molecule has 0 radical (unpaired) electrons. The highest BCUT2D eigenvalue weighted by Gasteiger charge is 2.14. The second kappa shape index (κ2) is 5.44. The number of nitrogens with two attached hydrogens (primary N) is 1. The van der Waals surface area contributed by atoms with Gasteiger partial charge >= 0.3 is 0 Å². The van der Waals surface area contributed by atoms with Crippen LogP contribution in [0.3, 0.4) is 0 Å². The number of pyridine rings is 1. The summed E-state index contributed by atoms with van der Waals surface area (Å²) in [6.07, 6.45) is 1.54. The summed E-state index contributed by atoms with van der Waals surface area (Å²) in [7, 11) is 0. The van der Waals surface area contributed by atoms with Crippen molar-refractivity contribution < 1.29 is 9.18 Å². The number of rotatable bonds is 2. The van der Waals surface area contributed by atoms with E-state index in [1.807, 2.05) is 19.1 Å². The van der Waals surface area contributed by atoms with Crippen LogP contribution in [0.25, 0.3) is 10.8 Å². The van der Waals surface area contributed by atoms with Crippen molar-refractivity contribution in [2.45, 2.75) is 6.92 Å². The second-order valence-corrected chi connectivity index (χ2v) is 5.02. The summed E-state index contributed by atoms with van der Waals surface area (Å²) < 4.78 is 13.2. The van der Waals surface area contributed by atoms with Crippen molar-refractivity contribution in [2.24, 2.45) is 0 Å². The van der Waals surface area contributed by atoms with Crippen LogP contribution in [0.2, 0.25) is 0 Å². The summed E-state index contributed by atoms with van der Waals surface area (Å²) in [5, 5.41) is 4.09. The molecule has 3 N–H and O–H groups in total. The molecule has 1 aromatic heterocycles. The first-order chi connectivity index (χ1) is 10.6. The molecule has 1 heterocycles. The summed E-state index contributed by atoms with van der Waals surface area (Å²) in [6.45, 7) is 1.90. The Morgan fingerprint density at radius 3 is 2.77 bits per heavy atom. The van der Waals surface area contributed by atoms with Gasteiger partial charge in [-0.05, 0) is 36.8 Å². The Labute approximate surface area is 126 Å². The Balaban J connectivity index is 2.03. The number of carbonyl (C=O) groups excluding carboxylic acids is 1. The lowest BCUT2D eigenvalue weighted by molar-refractivity contribution is 0.102. The van der Waals surface area contributed by atoms with Gasteiger partial charge in [0.2, 0.25) is 0 Å². The predicted octanol–water partition coefficient (Wildman–Crippen LogP) is 3.52. The summed E-state index contributed by atoms with van der Waals surface area (Å²) in [5.41, 5.74) is 8.25. The fraction of sp³-hybridized carbons (Fsp3) is 0.0588. The van der Waals surface area contributed by atoms with Crippen LogP contribution in [0.1, 0.15) is 16.1 Å². The fourth-order valence-electron chi connectivity index (χ4n) is 2.32. The quantitative estimate of drug-likeness (QED) is 0.711. The molecule has 5 heteroatoms. The van der Waals surface area contributed by atoms with Crippen LogP contribution in [0.5, 0.6) is 0 Å². The fourth-order valence-corrected chi connectivity index (χ4v) is 2.32. The molecule has 2 aromatic carbocycles. The van der Waals surface area contributed by atoms with E-state index in [1.165, 1.54) is 18.2 Å². The van der Waals surface area contributed by atoms with E-state index < -0.39 is 11.7 Å². The lowest BCUT2D eigenvalue weighted by Gasteiger charge is -2.10. The van der Waals surface area contributed by atoms with Gasteiger partial charge in [0, 0.05) is 28.3 Å². The number of hydrogen-bond acceptors (Lipinski definition) is 3. The zero-order valence-corrected chi connectivity index (χ0v) is 11.9. The van der Waals surface area contributed by atoms with Gasteiger partial charge in [-0.2, -0.15) is 0 Å². The van der Waals surface area contributed by atoms with Gasteiger partial charge in [0.1, 0.15) is 11.5 Å². The van der Waals surface area contributed by atoms with Crippen LogP contribution in [0.4, 0.5) is 15.8 Å². The molecular weight excluding hydrogens is 281 g/mol. The third-order valence-electron chi connectivity index (χ3n) is 3.50. The molecule has 0 unspecified atom stereocenters. The van der Waals surface area contributed by atoms with Crippen LogP contribution < -0.4 is 11.1 Å². The number of hydrogen-bond donors (Lipinski definition) is 2. The molecule has 0 saturated heterocycles. The molecular formula is C17H14FN3O. The molecule has 3 rings (SSSR count). The number of aromatic nitrogens is 1. The van der Waals surface area contributed by atoms with Crippen LogP contribution in [-0.2, 0) is 0 Å². The molecule has 3 aromatic rings. The van der Waals surface area contributed by atoms with E-state index in [1.54, 1.807) is 18.3 Å². The highest BCUT2D eigenvalue weighted by atomic mass is 19.1. The van der Waals surface area contributed by atoms with E-state index in [0.29, 0.717) is 16.8 Å². The molecule has 0 bridgehead atoms. The number of nitrogens with one attached hydrogen (secondary N) is 1. The highest BCUT2D eigenvalue weighted by molar-refractivity contribution is 6.13. The van der Waals surface area contributed by atoms with Crippen molar-refractivity contribution in [3.8, 4) is 0 Å². The molecule has 0 aliphatic heterocycles. The van der Waals surface area contributed by atoms with Gasteiger partial charge in [0.25, 0.3) is 5.91 Å². The average molecular weight is 295 g/mol. The molecule has 0 aliphatic rings. The summed E-state index contributed by atoms with van der Waals surface area (Å²) in [5.74, 6) is -0.817. The van der Waals surface area contributed by atoms with Gasteiger partial charge in [-0.25, -0.2) is 4.39 Å². The standard InChI is InChI=1S/C17H14FN3O/c1-10-5-6-14-13(15(10)19)7-8-20-16(14)17(22)21-12-4-2-3-11(18)9-12/h2-9H,19H2,1H3,(H,21,22). The number of halogens is 1. The minimum atomic E-state index is -0.413. The summed E-state index contributed by atoms with van der Waals surface area (Å²) >= 11 is 0. The molecule has 0 fully saturated rings. The zero-order valence-electron chi connectivity index (χ0n) is 11.9. The SMILES string of the molecule is Cc1ccc2c(C(=O)Nc3cccc(F)c3)nccc2c1N. The van der Waals surface area contributed by atoms with Crippen molar-refractivity contribution in [1.29, 1.82) is 0 Å². The van der Waals surface area contributed by atoms with Crippen molar-refractivity contribution in [3.05, 3.63) is 65.7 Å². The van der Waals surface area contributed by atoms with Gasteiger partial charge in [0.05, 0.1) is 0 Å². The molecule has 4 nitrogen and oxygen atoms in total. The largest absolute Gasteiger partial charge is 0.398 e. The molecule has 110 valence electrons. The van der Waals surface area contributed by atoms with Gasteiger partial charge in [-0.3, -0.25) is 9.78 Å². The number of fused-ring (bicyclic) bond motifs is 1. The minimum absolute atomic E-state index is 0.258. The topological polar surface area (TPSA) is 68.0 Å². The first-order valence-corrected chi connectivity index (χ1v) is 6.77. The number of benzene rings is 2. The predicted molar refractivity (Wildman–Crippen MR) is 85.2 cm³/mol. The molecule has 22 heavy (non-hydrogen) atoms. The van der Waals surface area contributed by atoms with E-state index in [4.69, 9.17) is 5.73 Å². The Morgan fingerprint density at radius 2 is 2.00 bits per heavy atom. The third kappa shape index (κ3) is 2.48. The zero-order chi connectivity index (χ0) is 15.7. The van der Waals surface area contributed by atoms with Gasteiger partial charge in [0.15, 0.2) is 0 Å². The van der Waals surface area contributed by atoms with Gasteiger partial charge in [-0.1, -0.05) is 18.2 Å². The molecule has 0 atom stereocenters. The van der Waals surface area contributed by atoms with Crippen molar-refractivity contribution >= 4 is 28.1 Å². The Morgan fingerprint density at radius 1 is 1.18 bits per heavy atom. The minimum Gasteiger partial charge on any atom is -0.398 e. The lowest BCUT2D eigenvalue weighted by atomic mass is 10.0. The summed E-state index contributed by atoms with van der Waals surface area (Å²) in [4.78, 5) is 16.5. The van der Waals surface area contributed by atoms with Crippen molar-refractivity contribution in [1.82, 2.24) is 4.98 Å². The van der Waals surface area contributed by atoms with Crippen LogP contribution in [0.15, 0.2) is 48.7 Å². The molecule has 1 amide bonds. The Kier molecular flexibility index (Phi) is 3.47. The van der Waals surface area contributed by atoms with E-state index in [-0.39, 0.29) is 5.69 Å². The van der Waals surface area contributed by atoms with E-state index >= 15 is 0 Å². The number of anilines is 2. The maximum absolute atomic E-state index is 13.2. The number of nitrogens with zero attached hydrogens (tertiary/aromatic N) is 1. The molecule has 0 spiro atoms. The van der Waals surface area contributed by atoms with Crippen LogP contribution >= 0.6 is 0 Å². The molecule has 0 aliphatic carbocycles. The number of nitrogen functional groups attached to an aromatic ring is 1. The maximum atomic E-state index is 13.2. The second-order valence-electron chi connectivity index (χ2n) is 5.02. The van der Waals surface area contributed by atoms with E-state index in [9.17, 15) is 9.18 Å². The number of aryl methyl sites for hydroxylation is 1. The monoisotopic (exact) mass is 295 g/mol. The highest BCUT2D eigenvalue weighted by Crippen LogP contribution is 2.26. The normalized spacial score (nSPS) is 10.6. The van der Waals surface area contributed by atoms with E-state index in [0.717, 1.165) is 10.9 Å². The van der Waals surface area contributed by atoms with E-state index in [2.05, 4.69) is 10.3 Å². The van der Waals surface area contributed by atoms with Crippen molar-refractivity contribution in [3.63, 3.8) is 0 Å². The Hall–Kier alpha value is -2.95. The summed E-state index contributed by atoms with van der Waals surface area (Å²) in [6, 6.07) is 11.1. The number of amides is 1. The van der Waals surface area contributed by atoms with Crippen LogP contribution in [0, 0.1) is 12.7 Å². The maximum Gasteiger partial charge on any atom is 0.274 e. The third-order valence-corrected chi connectivity index (χ3v) is 3.50. The van der Waals surface area contributed by atoms with Gasteiger partial charge < -0.3 is 11.1 Å². The first-order valence-electron chi connectivity index (χ1n) is 6.77. The molecule has 0 saturated carbocycles. The number of carbonyl (C=O) groups is 1.